The van der Waals surface area contributed by atoms with E-state index in [1.807, 2.05) is 5.38 Å². The molecule has 1 aliphatic heterocycles. The van der Waals surface area contributed by atoms with Crippen molar-refractivity contribution in [1.29, 1.82) is 0 Å². The summed E-state index contributed by atoms with van der Waals surface area (Å²) in [4.78, 5) is 16.3. The molecule has 0 saturated heterocycles. The number of aryl methyl sites for hydroxylation is 1. The number of nitrogen functional groups attached to an aromatic ring is 1. The largest absolute Gasteiger partial charge is 0.481 e. The number of benzene rings is 1. The van der Waals surface area contributed by atoms with Gasteiger partial charge >= 0.3 is 0 Å². The third kappa shape index (κ3) is 4.08. The molecule has 128 valence electrons. The molecule has 1 amide bonds. The number of carbonyl (C=O) groups is 1. The van der Waals surface area contributed by atoms with Gasteiger partial charge in [0, 0.05) is 18.0 Å². The van der Waals surface area contributed by atoms with Crippen LogP contribution in [0.15, 0.2) is 23.6 Å². The highest BCUT2D eigenvalue weighted by molar-refractivity contribution is 7.13. The highest BCUT2D eigenvalue weighted by Gasteiger charge is 2.17. The third-order valence-corrected chi connectivity index (χ3v) is 4.23. The Bertz CT molecular complexity index is 719. The smallest absolute Gasteiger partial charge is 0.260 e. The number of nitrogens with two attached hydrogens (primary N) is 1. The predicted molar refractivity (Wildman–Crippen MR) is 90.5 cm³/mol. The van der Waals surface area contributed by atoms with E-state index < -0.39 is 6.10 Å². The van der Waals surface area contributed by atoms with Crippen LogP contribution in [0.1, 0.15) is 19.0 Å². The van der Waals surface area contributed by atoms with Crippen molar-refractivity contribution in [2.24, 2.45) is 0 Å². The van der Waals surface area contributed by atoms with E-state index in [4.69, 9.17) is 19.9 Å². The zero-order chi connectivity index (χ0) is 16.9. The van der Waals surface area contributed by atoms with E-state index in [0.717, 1.165) is 18.5 Å². The number of rotatable bonds is 7. The van der Waals surface area contributed by atoms with Crippen LogP contribution in [0.25, 0.3) is 0 Å². The minimum atomic E-state index is -0.597. The number of nitrogens with one attached hydrogen (secondary N) is 1. The lowest BCUT2D eigenvalue weighted by Crippen LogP contribution is -2.36. The first-order valence-electron chi connectivity index (χ1n) is 7.66. The van der Waals surface area contributed by atoms with Crippen LogP contribution in [0.3, 0.4) is 0 Å². The monoisotopic (exact) mass is 349 g/mol. The molecule has 7 nitrogen and oxygen atoms in total. The second-order valence-electron chi connectivity index (χ2n) is 5.35. The van der Waals surface area contributed by atoms with Crippen molar-refractivity contribution in [3.05, 3.63) is 29.3 Å². The number of fused-ring (bicyclic) bond motifs is 1. The van der Waals surface area contributed by atoms with Gasteiger partial charge in [0.25, 0.3) is 5.91 Å². The quantitative estimate of drug-likeness (QED) is 0.742. The number of anilines is 1. The van der Waals surface area contributed by atoms with Gasteiger partial charge in [0.05, 0.1) is 5.69 Å². The third-order valence-electron chi connectivity index (χ3n) is 3.50. The van der Waals surface area contributed by atoms with Crippen LogP contribution in [0.4, 0.5) is 5.13 Å². The summed E-state index contributed by atoms with van der Waals surface area (Å²) in [5.74, 6) is 1.72. The number of thiazole rings is 1. The number of hydrogen-bond donors (Lipinski definition) is 2. The summed E-state index contributed by atoms with van der Waals surface area (Å²) in [5.41, 5.74) is 6.54. The maximum atomic E-state index is 12.1. The Morgan fingerprint density at radius 3 is 3.08 bits per heavy atom. The Kier molecular flexibility index (Phi) is 5.05. The van der Waals surface area contributed by atoms with Gasteiger partial charge in [-0.1, -0.05) is 0 Å². The Morgan fingerprint density at radius 2 is 2.29 bits per heavy atom. The van der Waals surface area contributed by atoms with Gasteiger partial charge in [-0.05, 0) is 31.9 Å². The van der Waals surface area contributed by atoms with Gasteiger partial charge in [0.15, 0.2) is 22.7 Å². The van der Waals surface area contributed by atoms with Crippen molar-refractivity contribution in [3.63, 3.8) is 0 Å². The fourth-order valence-electron chi connectivity index (χ4n) is 2.27. The maximum Gasteiger partial charge on any atom is 0.260 e. The molecule has 2 heterocycles. The topological polar surface area (TPSA) is 95.7 Å². The highest BCUT2D eigenvalue weighted by atomic mass is 32.1. The van der Waals surface area contributed by atoms with Crippen LogP contribution < -0.4 is 25.3 Å². The minimum absolute atomic E-state index is 0.162. The fraction of sp³-hybridized carbons (Fsp3) is 0.375. The molecule has 3 N–H and O–H groups in total. The first-order valence-corrected chi connectivity index (χ1v) is 8.53. The second-order valence-corrected chi connectivity index (χ2v) is 6.24. The van der Waals surface area contributed by atoms with Gasteiger partial charge in [0.1, 0.15) is 5.75 Å². The lowest BCUT2D eigenvalue weighted by molar-refractivity contribution is -0.127. The van der Waals surface area contributed by atoms with Gasteiger partial charge in [-0.25, -0.2) is 4.98 Å². The Labute approximate surface area is 143 Å². The Hall–Kier alpha value is -2.48. The second kappa shape index (κ2) is 7.39. The zero-order valence-electron chi connectivity index (χ0n) is 13.3. The molecule has 24 heavy (non-hydrogen) atoms. The first-order chi connectivity index (χ1) is 11.6. The molecule has 0 fully saturated rings. The minimum Gasteiger partial charge on any atom is -0.481 e. The lowest BCUT2D eigenvalue weighted by atomic mass is 10.2. The molecular formula is C16H19N3O4S. The van der Waals surface area contributed by atoms with E-state index >= 15 is 0 Å². The van der Waals surface area contributed by atoms with Gasteiger partial charge in [-0.2, -0.15) is 0 Å². The number of aromatic nitrogens is 1. The first kappa shape index (κ1) is 16.4. The molecule has 1 atom stereocenters. The summed E-state index contributed by atoms with van der Waals surface area (Å²) in [5, 5.41) is 5.36. The maximum absolute atomic E-state index is 12.1. The molecule has 0 aliphatic carbocycles. The molecule has 0 bridgehead atoms. The molecule has 1 aliphatic rings. The van der Waals surface area contributed by atoms with E-state index in [2.05, 4.69) is 10.3 Å². The molecular weight excluding hydrogens is 330 g/mol. The Morgan fingerprint density at radius 1 is 1.46 bits per heavy atom. The summed E-state index contributed by atoms with van der Waals surface area (Å²) < 4.78 is 16.2. The van der Waals surface area contributed by atoms with Crippen LogP contribution in [0.2, 0.25) is 0 Å². The molecule has 0 saturated carbocycles. The Balaban J connectivity index is 1.41. The number of nitrogens with zero attached hydrogens (tertiary/aromatic N) is 1. The fourth-order valence-corrected chi connectivity index (χ4v) is 2.87. The SMILES string of the molecule is CC(Oc1ccc2c(c1)OCO2)C(=O)NCCCc1csc(N)n1. The normalized spacial score (nSPS) is 13.5. The van der Waals surface area contributed by atoms with Gasteiger partial charge in [-0.15, -0.1) is 11.3 Å². The van der Waals surface area contributed by atoms with E-state index in [0.29, 0.717) is 28.9 Å². The van der Waals surface area contributed by atoms with Gasteiger partial charge in [-0.3, -0.25) is 4.79 Å². The summed E-state index contributed by atoms with van der Waals surface area (Å²) in [6.07, 6.45) is 0.983. The molecule has 1 unspecified atom stereocenters. The van der Waals surface area contributed by atoms with Crippen molar-refractivity contribution in [3.8, 4) is 17.2 Å². The average molecular weight is 349 g/mol. The molecule has 1 aromatic carbocycles. The van der Waals surface area contributed by atoms with Crippen molar-refractivity contribution in [2.45, 2.75) is 25.9 Å². The number of carbonyl (C=O) groups excluding carboxylic acids is 1. The highest BCUT2D eigenvalue weighted by Crippen LogP contribution is 2.35. The molecule has 0 radical (unpaired) electrons. The molecule has 3 rings (SSSR count). The van der Waals surface area contributed by atoms with Crippen molar-refractivity contribution >= 4 is 22.4 Å². The molecule has 0 spiro atoms. The standard InChI is InChI=1S/C16H19N3O4S/c1-10(23-12-4-5-13-14(7-12)22-9-21-13)15(20)18-6-2-3-11-8-24-16(17)19-11/h4-5,7-8,10H,2-3,6,9H2,1H3,(H2,17,19)(H,18,20). The van der Waals surface area contributed by atoms with Crippen molar-refractivity contribution in [2.75, 3.05) is 19.1 Å². The average Bonchev–Trinajstić information content (AvgIpc) is 3.19. The van der Waals surface area contributed by atoms with E-state index in [1.165, 1.54) is 11.3 Å². The van der Waals surface area contributed by atoms with E-state index in [9.17, 15) is 4.79 Å². The summed E-state index contributed by atoms with van der Waals surface area (Å²) in [6.45, 7) is 2.48. The predicted octanol–water partition coefficient (Wildman–Crippen LogP) is 1.97. The number of ether oxygens (including phenoxy) is 3. The van der Waals surface area contributed by atoms with E-state index in [1.54, 1.807) is 25.1 Å². The van der Waals surface area contributed by atoms with Crippen LogP contribution >= 0.6 is 11.3 Å². The molecule has 1 aromatic heterocycles. The zero-order valence-corrected chi connectivity index (χ0v) is 14.1. The number of amides is 1. The van der Waals surface area contributed by atoms with Crippen molar-refractivity contribution in [1.82, 2.24) is 10.3 Å². The van der Waals surface area contributed by atoms with Crippen molar-refractivity contribution < 1.29 is 19.0 Å². The van der Waals surface area contributed by atoms with Crippen LogP contribution in [0.5, 0.6) is 17.2 Å². The van der Waals surface area contributed by atoms with Crippen LogP contribution in [-0.2, 0) is 11.2 Å². The van der Waals surface area contributed by atoms with Gasteiger partial charge in [0.2, 0.25) is 6.79 Å². The van der Waals surface area contributed by atoms with Gasteiger partial charge < -0.3 is 25.3 Å². The van der Waals surface area contributed by atoms with E-state index in [-0.39, 0.29) is 12.7 Å². The summed E-state index contributed by atoms with van der Waals surface area (Å²) in [6, 6.07) is 5.24. The van der Waals surface area contributed by atoms with Crippen LogP contribution in [0, 0.1) is 0 Å². The lowest BCUT2D eigenvalue weighted by Gasteiger charge is -2.15. The molecule has 2 aromatic rings. The van der Waals surface area contributed by atoms with Crippen LogP contribution in [-0.4, -0.2) is 30.3 Å². The molecule has 8 heteroatoms. The number of hydrogen-bond acceptors (Lipinski definition) is 7. The summed E-state index contributed by atoms with van der Waals surface area (Å²) in [7, 11) is 0. The summed E-state index contributed by atoms with van der Waals surface area (Å²) >= 11 is 1.42.